The van der Waals surface area contributed by atoms with Crippen LogP contribution in [0.5, 0.6) is 11.6 Å². The van der Waals surface area contributed by atoms with Gasteiger partial charge in [-0.1, -0.05) is 24.3 Å². The first-order chi connectivity index (χ1) is 12.2. The summed E-state index contributed by atoms with van der Waals surface area (Å²) in [5.41, 5.74) is 1.12. The van der Waals surface area contributed by atoms with Crippen molar-refractivity contribution in [3.8, 4) is 11.6 Å². The van der Waals surface area contributed by atoms with Gasteiger partial charge in [-0.3, -0.25) is 4.79 Å². The van der Waals surface area contributed by atoms with E-state index in [0.29, 0.717) is 11.6 Å². The number of nitrogens with zero attached hydrogens (tertiary/aromatic N) is 1. The van der Waals surface area contributed by atoms with E-state index in [1.807, 2.05) is 55.6 Å². The van der Waals surface area contributed by atoms with E-state index >= 15 is 0 Å². The van der Waals surface area contributed by atoms with Gasteiger partial charge in [-0.15, -0.1) is 0 Å². The van der Waals surface area contributed by atoms with Crippen molar-refractivity contribution in [3.05, 3.63) is 54.2 Å². The molecule has 1 heterocycles. The minimum Gasteiger partial charge on any atom is -0.484 e. The Balaban J connectivity index is 1.37. The molecule has 5 nitrogen and oxygen atoms in total. The first-order valence-electron chi connectivity index (χ1n) is 8.75. The molecule has 5 heteroatoms. The minimum atomic E-state index is -0.0755. The molecular formula is C20H24N2O3. The second kappa shape index (κ2) is 8.51. The zero-order chi connectivity index (χ0) is 17.5. The second-order valence-electron chi connectivity index (χ2n) is 6.43. The van der Waals surface area contributed by atoms with Gasteiger partial charge in [0.15, 0.2) is 6.61 Å². The van der Waals surface area contributed by atoms with Gasteiger partial charge < -0.3 is 14.8 Å². The molecule has 1 aliphatic carbocycles. The van der Waals surface area contributed by atoms with Gasteiger partial charge in [0.1, 0.15) is 11.9 Å². The Morgan fingerprint density at radius 3 is 2.56 bits per heavy atom. The Morgan fingerprint density at radius 2 is 1.88 bits per heavy atom. The summed E-state index contributed by atoms with van der Waals surface area (Å²) in [4.78, 5) is 16.3. The first kappa shape index (κ1) is 17.3. The van der Waals surface area contributed by atoms with E-state index in [1.54, 1.807) is 0 Å². The number of nitrogens with one attached hydrogen (secondary N) is 1. The summed E-state index contributed by atoms with van der Waals surface area (Å²) in [7, 11) is 0. The van der Waals surface area contributed by atoms with Gasteiger partial charge in [0.25, 0.3) is 5.91 Å². The fraction of sp³-hybridized carbons (Fsp3) is 0.400. The number of aryl methyl sites for hydroxylation is 1. The lowest BCUT2D eigenvalue weighted by molar-refractivity contribution is -0.124. The molecule has 0 atom stereocenters. The van der Waals surface area contributed by atoms with Gasteiger partial charge in [0.05, 0.1) is 0 Å². The van der Waals surface area contributed by atoms with Crippen molar-refractivity contribution in [3.63, 3.8) is 0 Å². The Labute approximate surface area is 148 Å². The maximum Gasteiger partial charge on any atom is 0.258 e. The molecule has 0 unspecified atom stereocenters. The number of hydrogen-bond donors (Lipinski definition) is 1. The highest BCUT2D eigenvalue weighted by atomic mass is 16.5. The number of carbonyl (C=O) groups is 1. The third-order valence-electron chi connectivity index (χ3n) is 4.32. The van der Waals surface area contributed by atoms with Crippen molar-refractivity contribution in [1.29, 1.82) is 0 Å². The van der Waals surface area contributed by atoms with Crippen LogP contribution in [0.3, 0.4) is 0 Å². The molecule has 0 bridgehead atoms. The predicted molar refractivity (Wildman–Crippen MR) is 95.7 cm³/mol. The summed E-state index contributed by atoms with van der Waals surface area (Å²) < 4.78 is 11.4. The molecule has 0 radical (unpaired) electrons. The van der Waals surface area contributed by atoms with Crippen LogP contribution in [0.2, 0.25) is 0 Å². The molecule has 0 aliphatic heterocycles. The summed E-state index contributed by atoms with van der Waals surface area (Å²) in [6.07, 6.45) is 5.64. The standard InChI is InChI=1S/C20H24N2O3/c1-15-7-12-20(21-13-15)25-18-10-8-16(9-11-18)22-19(23)14-24-17-5-3-2-4-6-17/h2-7,12-13,16,18H,8-11,14H2,1H3,(H,22,23). The lowest BCUT2D eigenvalue weighted by Crippen LogP contribution is -2.41. The van der Waals surface area contributed by atoms with Crippen LogP contribution in [0.4, 0.5) is 0 Å². The molecule has 1 aromatic heterocycles. The van der Waals surface area contributed by atoms with Gasteiger partial charge in [0, 0.05) is 18.3 Å². The summed E-state index contributed by atoms with van der Waals surface area (Å²) in [6, 6.07) is 13.5. The van der Waals surface area contributed by atoms with E-state index in [-0.39, 0.29) is 24.7 Å². The van der Waals surface area contributed by atoms with Gasteiger partial charge in [-0.05, 0) is 50.3 Å². The van der Waals surface area contributed by atoms with Crippen molar-refractivity contribution in [1.82, 2.24) is 10.3 Å². The number of benzene rings is 1. The van der Waals surface area contributed by atoms with Gasteiger partial charge in [0.2, 0.25) is 5.88 Å². The van der Waals surface area contributed by atoms with E-state index in [4.69, 9.17) is 9.47 Å². The summed E-state index contributed by atoms with van der Waals surface area (Å²) in [6.45, 7) is 2.06. The topological polar surface area (TPSA) is 60.5 Å². The van der Waals surface area contributed by atoms with Crippen LogP contribution in [-0.4, -0.2) is 29.6 Å². The Hall–Kier alpha value is -2.56. The van der Waals surface area contributed by atoms with Crippen LogP contribution in [0, 0.1) is 6.92 Å². The molecule has 1 amide bonds. The average molecular weight is 340 g/mol. The Morgan fingerprint density at radius 1 is 1.12 bits per heavy atom. The van der Waals surface area contributed by atoms with Crippen LogP contribution >= 0.6 is 0 Å². The molecular weight excluding hydrogens is 316 g/mol. The molecule has 0 saturated heterocycles. The summed E-state index contributed by atoms with van der Waals surface area (Å²) >= 11 is 0. The fourth-order valence-corrected chi connectivity index (χ4v) is 2.95. The smallest absolute Gasteiger partial charge is 0.258 e. The fourth-order valence-electron chi connectivity index (χ4n) is 2.95. The van der Waals surface area contributed by atoms with Crippen molar-refractivity contribution >= 4 is 5.91 Å². The molecule has 1 N–H and O–H groups in total. The van der Waals surface area contributed by atoms with E-state index in [0.717, 1.165) is 31.2 Å². The molecule has 2 aromatic rings. The lowest BCUT2D eigenvalue weighted by atomic mass is 9.93. The van der Waals surface area contributed by atoms with E-state index in [2.05, 4.69) is 10.3 Å². The van der Waals surface area contributed by atoms with Crippen LogP contribution in [0.15, 0.2) is 48.7 Å². The van der Waals surface area contributed by atoms with Crippen LogP contribution in [0.1, 0.15) is 31.2 Å². The molecule has 1 aliphatic rings. The van der Waals surface area contributed by atoms with E-state index < -0.39 is 0 Å². The molecule has 132 valence electrons. The van der Waals surface area contributed by atoms with Gasteiger partial charge in [-0.25, -0.2) is 4.98 Å². The molecule has 1 fully saturated rings. The quantitative estimate of drug-likeness (QED) is 0.877. The minimum absolute atomic E-state index is 0.0493. The SMILES string of the molecule is Cc1ccc(OC2CCC(NC(=O)COc3ccccc3)CC2)nc1. The molecule has 1 saturated carbocycles. The largest absolute Gasteiger partial charge is 0.484 e. The Kier molecular flexibility index (Phi) is 5.88. The van der Waals surface area contributed by atoms with Gasteiger partial charge in [-0.2, -0.15) is 0 Å². The molecule has 25 heavy (non-hydrogen) atoms. The number of amides is 1. The third-order valence-corrected chi connectivity index (χ3v) is 4.32. The van der Waals surface area contributed by atoms with Crippen molar-refractivity contribution in [2.45, 2.75) is 44.8 Å². The molecule has 1 aromatic carbocycles. The van der Waals surface area contributed by atoms with Crippen LogP contribution in [0.25, 0.3) is 0 Å². The molecule has 0 spiro atoms. The number of pyridine rings is 1. The summed E-state index contributed by atoms with van der Waals surface area (Å²) in [5.74, 6) is 1.31. The molecule has 3 rings (SSSR count). The van der Waals surface area contributed by atoms with Gasteiger partial charge >= 0.3 is 0 Å². The highest BCUT2D eigenvalue weighted by Gasteiger charge is 2.24. The maximum absolute atomic E-state index is 12.0. The highest BCUT2D eigenvalue weighted by Crippen LogP contribution is 2.23. The highest BCUT2D eigenvalue weighted by molar-refractivity contribution is 5.77. The zero-order valence-corrected chi connectivity index (χ0v) is 14.5. The van der Waals surface area contributed by atoms with E-state index in [9.17, 15) is 4.79 Å². The lowest BCUT2D eigenvalue weighted by Gasteiger charge is -2.29. The number of rotatable bonds is 6. The van der Waals surface area contributed by atoms with Crippen molar-refractivity contribution in [2.24, 2.45) is 0 Å². The number of hydrogen-bond acceptors (Lipinski definition) is 4. The summed E-state index contributed by atoms with van der Waals surface area (Å²) in [5, 5.41) is 3.05. The van der Waals surface area contributed by atoms with Crippen molar-refractivity contribution in [2.75, 3.05) is 6.61 Å². The number of carbonyl (C=O) groups excluding carboxylic acids is 1. The number of para-hydroxylation sites is 1. The van der Waals surface area contributed by atoms with Crippen molar-refractivity contribution < 1.29 is 14.3 Å². The third kappa shape index (κ3) is 5.48. The maximum atomic E-state index is 12.0. The predicted octanol–water partition coefficient (Wildman–Crippen LogP) is 3.28. The van der Waals surface area contributed by atoms with Crippen LogP contribution in [-0.2, 0) is 4.79 Å². The average Bonchev–Trinajstić information content (AvgIpc) is 2.64. The number of ether oxygens (including phenoxy) is 2. The second-order valence-corrected chi connectivity index (χ2v) is 6.43. The Bertz CT molecular complexity index is 665. The monoisotopic (exact) mass is 340 g/mol. The van der Waals surface area contributed by atoms with E-state index in [1.165, 1.54) is 0 Å². The zero-order valence-electron chi connectivity index (χ0n) is 14.5. The first-order valence-corrected chi connectivity index (χ1v) is 8.75. The number of aromatic nitrogens is 1. The van der Waals surface area contributed by atoms with Crippen LogP contribution < -0.4 is 14.8 Å². The normalized spacial score (nSPS) is 19.9.